The van der Waals surface area contributed by atoms with Gasteiger partial charge in [-0.2, -0.15) is 0 Å². The van der Waals surface area contributed by atoms with E-state index in [1.807, 2.05) is 30.1 Å². The molecule has 4 rings (SSSR count). The standard InChI is InChI=1S/C26H38N2O6/c1-3-5-14-27-15-10-13-26-19(20-24(32)33-18-11-12-25(20,4-2)34-26)22(30)28(21(26)23(27)31)16-8-6-7-9-17-29/h10-13,19-21,29H,3-9,14-18H2,1-2H3/t19-,20-,21?,25+,26-/m0/s1. The maximum Gasteiger partial charge on any atom is 0.313 e. The molecule has 8 heteroatoms. The van der Waals surface area contributed by atoms with Crippen molar-refractivity contribution < 1.29 is 29.0 Å². The zero-order valence-electron chi connectivity index (χ0n) is 20.4. The number of rotatable bonds is 10. The van der Waals surface area contributed by atoms with E-state index >= 15 is 0 Å². The lowest BCUT2D eigenvalue weighted by Gasteiger charge is -2.38. The van der Waals surface area contributed by atoms with Gasteiger partial charge >= 0.3 is 5.97 Å². The summed E-state index contributed by atoms with van der Waals surface area (Å²) in [6, 6.07) is -0.796. The van der Waals surface area contributed by atoms with Gasteiger partial charge in [-0.25, -0.2) is 0 Å². The zero-order chi connectivity index (χ0) is 24.3. The van der Waals surface area contributed by atoms with E-state index < -0.39 is 35.0 Å². The first kappa shape index (κ1) is 24.9. The lowest BCUT2D eigenvalue weighted by Crippen LogP contribution is -2.56. The van der Waals surface area contributed by atoms with E-state index in [0.717, 1.165) is 38.5 Å². The minimum atomic E-state index is -1.19. The average Bonchev–Trinajstić information content (AvgIpc) is 3.10. The molecule has 5 atom stereocenters. The van der Waals surface area contributed by atoms with Crippen LogP contribution in [0.15, 0.2) is 24.3 Å². The van der Waals surface area contributed by atoms with E-state index in [0.29, 0.717) is 26.1 Å². The highest BCUT2D eigenvalue weighted by molar-refractivity contribution is 5.99. The van der Waals surface area contributed by atoms with E-state index in [1.165, 1.54) is 0 Å². The van der Waals surface area contributed by atoms with Crippen LogP contribution >= 0.6 is 0 Å². The summed E-state index contributed by atoms with van der Waals surface area (Å²) in [5.41, 5.74) is -2.16. The summed E-state index contributed by atoms with van der Waals surface area (Å²) < 4.78 is 12.2. The number of hydrogen-bond acceptors (Lipinski definition) is 6. The number of cyclic esters (lactones) is 1. The van der Waals surface area contributed by atoms with Crippen LogP contribution in [0.4, 0.5) is 0 Å². The molecule has 4 heterocycles. The van der Waals surface area contributed by atoms with Crippen molar-refractivity contribution in [2.24, 2.45) is 11.8 Å². The van der Waals surface area contributed by atoms with Crippen LogP contribution in [0.25, 0.3) is 0 Å². The zero-order valence-corrected chi connectivity index (χ0v) is 20.4. The molecule has 2 fully saturated rings. The molecule has 0 saturated carbocycles. The first-order valence-corrected chi connectivity index (χ1v) is 12.9. The molecule has 4 aliphatic heterocycles. The Bertz CT molecular complexity index is 856. The van der Waals surface area contributed by atoms with Gasteiger partial charge in [0.1, 0.15) is 29.8 Å². The molecule has 1 unspecified atom stereocenters. The Kier molecular flexibility index (Phi) is 7.48. The first-order valence-electron chi connectivity index (χ1n) is 12.9. The topological polar surface area (TPSA) is 96.4 Å². The fourth-order valence-electron chi connectivity index (χ4n) is 6.18. The van der Waals surface area contributed by atoms with Crippen molar-refractivity contribution in [2.75, 3.05) is 32.8 Å². The highest BCUT2D eigenvalue weighted by Crippen LogP contribution is 2.58. The summed E-state index contributed by atoms with van der Waals surface area (Å²) >= 11 is 0. The fourth-order valence-corrected chi connectivity index (χ4v) is 6.18. The SMILES string of the molecule is CCCCN1CC=C[C@]23O[C@]4(CC)C=CCOC(=O)[C@@H]4[C@H]2C(=O)N(CCCCCCO)C3C1=O. The summed E-state index contributed by atoms with van der Waals surface area (Å²) in [6.45, 7) is 5.86. The monoisotopic (exact) mass is 474 g/mol. The molecular weight excluding hydrogens is 436 g/mol. The Morgan fingerprint density at radius 2 is 1.76 bits per heavy atom. The predicted molar refractivity (Wildman–Crippen MR) is 126 cm³/mol. The molecule has 0 bridgehead atoms. The third kappa shape index (κ3) is 3.98. The van der Waals surface area contributed by atoms with Gasteiger partial charge in [0.25, 0.3) is 0 Å². The highest BCUT2D eigenvalue weighted by atomic mass is 16.6. The second-order valence-corrected chi connectivity index (χ2v) is 9.86. The molecule has 1 N–H and O–H groups in total. The lowest BCUT2D eigenvalue weighted by molar-refractivity contribution is -0.159. The number of nitrogens with zero attached hydrogens (tertiary/aromatic N) is 2. The first-order chi connectivity index (χ1) is 16.5. The fraction of sp³-hybridized carbons (Fsp3) is 0.731. The summed E-state index contributed by atoms with van der Waals surface area (Å²) in [5.74, 6) is -2.32. The number of fused-ring (bicyclic) bond motifs is 2. The number of ether oxygens (including phenoxy) is 2. The second-order valence-electron chi connectivity index (χ2n) is 9.86. The summed E-state index contributed by atoms with van der Waals surface area (Å²) in [7, 11) is 0. The molecule has 1 spiro atoms. The van der Waals surface area contributed by atoms with Gasteiger partial charge in [0.05, 0.1) is 5.92 Å². The molecule has 2 saturated heterocycles. The highest BCUT2D eigenvalue weighted by Gasteiger charge is 2.75. The molecule has 0 aliphatic carbocycles. The Morgan fingerprint density at radius 3 is 2.50 bits per heavy atom. The van der Waals surface area contributed by atoms with E-state index in [-0.39, 0.29) is 25.0 Å². The maximum absolute atomic E-state index is 14.0. The van der Waals surface area contributed by atoms with Crippen molar-refractivity contribution in [3.05, 3.63) is 24.3 Å². The molecule has 0 radical (unpaired) electrons. The maximum atomic E-state index is 14.0. The summed E-state index contributed by atoms with van der Waals surface area (Å²) in [5, 5.41) is 9.06. The van der Waals surface area contributed by atoms with Crippen LogP contribution < -0.4 is 0 Å². The van der Waals surface area contributed by atoms with Gasteiger partial charge in [0.15, 0.2) is 0 Å². The van der Waals surface area contributed by atoms with Crippen LogP contribution in [0, 0.1) is 11.8 Å². The number of hydrogen-bond donors (Lipinski definition) is 1. The van der Waals surface area contributed by atoms with E-state index in [1.54, 1.807) is 11.0 Å². The third-order valence-electron chi connectivity index (χ3n) is 7.87. The molecular formula is C26H38N2O6. The Hall–Kier alpha value is -2.19. The molecule has 0 aromatic carbocycles. The van der Waals surface area contributed by atoms with Crippen molar-refractivity contribution >= 4 is 17.8 Å². The number of aliphatic hydroxyl groups excluding tert-OH is 1. The molecule has 2 amide bonds. The average molecular weight is 475 g/mol. The van der Waals surface area contributed by atoms with Gasteiger partial charge in [-0.1, -0.05) is 51.3 Å². The third-order valence-corrected chi connectivity index (χ3v) is 7.87. The summed E-state index contributed by atoms with van der Waals surface area (Å²) in [4.78, 5) is 44.6. The summed E-state index contributed by atoms with van der Waals surface area (Å²) in [6.07, 6.45) is 13.0. The second kappa shape index (κ2) is 10.2. The minimum Gasteiger partial charge on any atom is -0.461 e. The van der Waals surface area contributed by atoms with Crippen LogP contribution in [-0.2, 0) is 23.9 Å². The Labute approximate surface area is 201 Å². The normalized spacial score (nSPS) is 34.6. The number of carbonyl (C=O) groups is 3. The number of aliphatic hydroxyl groups is 1. The molecule has 0 aromatic heterocycles. The molecule has 34 heavy (non-hydrogen) atoms. The molecule has 4 aliphatic rings. The minimum absolute atomic E-state index is 0.107. The molecule has 0 aromatic rings. The molecule has 8 nitrogen and oxygen atoms in total. The van der Waals surface area contributed by atoms with Crippen molar-refractivity contribution in [1.29, 1.82) is 0 Å². The van der Waals surface area contributed by atoms with Crippen molar-refractivity contribution in [2.45, 2.75) is 76.0 Å². The van der Waals surface area contributed by atoms with Crippen LogP contribution in [0.1, 0.15) is 58.8 Å². The Balaban J connectivity index is 1.73. The largest absolute Gasteiger partial charge is 0.461 e. The van der Waals surface area contributed by atoms with Crippen molar-refractivity contribution in [1.82, 2.24) is 9.80 Å². The van der Waals surface area contributed by atoms with Crippen molar-refractivity contribution in [3.8, 4) is 0 Å². The van der Waals surface area contributed by atoms with E-state index in [4.69, 9.17) is 14.6 Å². The molecule has 188 valence electrons. The van der Waals surface area contributed by atoms with Gasteiger partial charge in [0, 0.05) is 26.2 Å². The number of carbonyl (C=O) groups excluding carboxylic acids is 3. The van der Waals surface area contributed by atoms with Crippen molar-refractivity contribution in [3.63, 3.8) is 0 Å². The van der Waals surface area contributed by atoms with Crippen LogP contribution in [0.2, 0.25) is 0 Å². The van der Waals surface area contributed by atoms with E-state index in [2.05, 4.69) is 6.92 Å². The van der Waals surface area contributed by atoms with Crippen LogP contribution in [0.5, 0.6) is 0 Å². The number of esters is 1. The quantitative estimate of drug-likeness (QED) is 0.296. The van der Waals surface area contributed by atoms with Crippen LogP contribution in [-0.4, -0.2) is 82.8 Å². The van der Waals surface area contributed by atoms with Gasteiger partial charge in [-0.3, -0.25) is 14.4 Å². The predicted octanol–water partition coefficient (Wildman–Crippen LogP) is 2.21. The van der Waals surface area contributed by atoms with E-state index in [9.17, 15) is 14.4 Å². The smallest absolute Gasteiger partial charge is 0.313 e. The number of amides is 2. The van der Waals surface area contributed by atoms with Gasteiger partial charge < -0.3 is 24.4 Å². The number of likely N-dealkylation sites (tertiary alicyclic amines) is 1. The van der Waals surface area contributed by atoms with Gasteiger partial charge in [-0.15, -0.1) is 0 Å². The lowest BCUT2D eigenvalue weighted by atomic mass is 9.73. The number of unbranched alkanes of at least 4 members (excludes halogenated alkanes) is 4. The van der Waals surface area contributed by atoms with Gasteiger partial charge in [0.2, 0.25) is 11.8 Å². The van der Waals surface area contributed by atoms with Gasteiger partial charge in [-0.05, 0) is 31.8 Å². The Morgan fingerprint density at radius 1 is 0.971 bits per heavy atom. The van der Waals surface area contributed by atoms with Crippen LogP contribution in [0.3, 0.4) is 0 Å².